The van der Waals surface area contributed by atoms with E-state index in [9.17, 15) is 4.79 Å². The second-order valence-corrected chi connectivity index (χ2v) is 3.22. The number of hydrogen-bond acceptors (Lipinski definition) is 4. The van der Waals surface area contributed by atoms with Crippen molar-refractivity contribution in [3.63, 3.8) is 0 Å². The summed E-state index contributed by atoms with van der Waals surface area (Å²) in [5.41, 5.74) is 0.124. The van der Waals surface area contributed by atoms with E-state index in [1.165, 1.54) is 18.2 Å². The Labute approximate surface area is 89.9 Å². The highest BCUT2D eigenvalue weighted by Crippen LogP contribution is 2.26. The van der Waals surface area contributed by atoms with Crippen LogP contribution in [0.4, 0.5) is 5.69 Å². The van der Waals surface area contributed by atoms with E-state index < -0.39 is 7.12 Å². The first kappa shape index (κ1) is 11.2. The number of rotatable bonds is 2. The molecule has 0 unspecified atom stereocenters. The molecule has 0 aliphatic heterocycles. The molecule has 0 bridgehead atoms. The van der Waals surface area contributed by atoms with Crippen molar-refractivity contribution in [2.45, 2.75) is 0 Å². The summed E-state index contributed by atoms with van der Waals surface area (Å²) in [4.78, 5) is 13.3. The molecular weight excluding hydrogens is 228 g/mol. The quantitative estimate of drug-likeness (QED) is 0.446. The van der Waals surface area contributed by atoms with E-state index in [0.29, 0.717) is 0 Å². The summed E-state index contributed by atoms with van der Waals surface area (Å²) >= 11 is 11.3. The molecule has 0 heterocycles. The van der Waals surface area contributed by atoms with Crippen LogP contribution in [0.5, 0.6) is 0 Å². The first-order valence-corrected chi connectivity index (χ1v) is 4.25. The zero-order valence-corrected chi connectivity index (χ0v) is 8.25. The summed E-state index contributed by atoms with van der Waals surface area (Å²) in [5.74, 6) is 0. The second kappa shape index (κ2) is 4.60. The fraction of sp³-hybridized carbons (Fsp3) is 0. The molecule has 0 spiro atoms. The van der Waals surface area contributed by atoms with Crippen LogP contribution in [0.25, 0.3) is 0 Å². The number of halogens is 2. The van der Waals surface area contributed by atoms with Crippen LogP contribution in [0.15, 0.2) is 17.1 Å². The van der Waals surface area contributed by atoms with Gasteiger partial charge >= 0.3 is 7.12 Å². The summed E-state index contributed by atoms with van der Waals surface area (Å²) < 4.78 is 0. The van der Waals surface area contributed by atoms with E-state index in [2.05, 4.69) is 4.99 Å². The topological polar surface area (TPSA) is 69.9 Å². The van der Waals surface area contributed by atoms with Gasteiger partial charge < -0.3 is 10.0 Å². The van der Waals surface area contributed by atoms with Gasteiger partial charge in [-0.3, -0.25) is 0 Å². The zero-order chi connectivity index (χ0) is 10.7. The third-order valence-electron chi connectivity index (χ3n) is 1.51. The predicted octanol–water partition coefficient (Wildman–Crippen LogP) is 0.641. The maximum absolute atomic E-state index is 9.98. The Morgan fingerprint density at radius 1 is 1.29 bits per heavy atom. The van der Waals surface area contributed by atoms with Crippen LogP contribution in [0.2, 0.25) is 10.0 Å². The Kier molecular flexibility index (Phi) is 3.69. The van der Waals surface area contributed by atoms with Crippen LogP contribution in [0.1, 0.15) is 0 Å². The van der Waals surface area contributed by atoms with Crippen molar-refractivity contribution in [1.29, 1.82) is 0 Å². The van der Waals surface area contributed by atoms with Crippen molar-refractivity contribution in [2.75, 3.05) is 0 Å². The summed E-state index contributed by atoms with van der Waals surface area (Å²) in [7, 11) is -1.74. The molecule has 0 aromatic heterocycles. The Balaban J connectivity index is 3.34. The van der Waals surface area contributed by atoms with Gasteiger partial charge in [-0.05, 0) is 12.1 Å². The zero-order valence-electron chi connectivity index (χ0n) is 6.74. The fourth-order valence-corrected chi connectivity index (χ4v) is 1.41. The van der Waals surface area contributed by atoms with Gasteiger partial charge in [0, 0.05) is 10.5 Å². The Morgan fingerprint density at radius 3 is 2.43 bits per heavy atom. The van der Waals surface area contributed by atoms with Crippen molar-refractivity contribution in [2.24, 2.45) is 4.99 Å². The number of benzene rings is 1. The van der Waals surface area contributed by atoms with Crippen molar-refractivity contribution < 1.29 is 14.8 Å². The molecule has 0 fully saturated rings. The molecule has 14 heavy (non-hydrogen) atoms. The van der Waals surface area contributed by atoms with Crippen molar-refractivity contribution in [3.8, 4) is 0 Å². The normalized spacial score (nSPS) is 9.43. The molecule has 1 aromatic rings. The Bertz CT molecular complexity index is 404. The van der Waals surface area contributed by atoms with E-state index >= 15 is 0 Å². The smallest absolute Gasteiger partial charge is 0.423 e. The minimum absolute atomic E-state index is 0.0325. The van der Waals surface area contributed by atoms with Crippen molar-refractivity contribution >= 4 is 47.6 Å². The van der Waals surface area contributed by atoms with E-state index in [-0.39, 0.29) is 21.2 Å². The monoisotopic (exact) mass is 231 g/mol. The average molecular weight is 232 g/mol. The van der Waals surface area contributed by atoms with Gasteiger partial charge in [0.2, 0.25) is 6.08 Å². The van der Waals surface area contributed by atoms with E-state index in [1.54, 1.807) is 0 Å². The number of nitrogens with zero attached hydrogens (tertiary/aromatic N) is 1. The summed E-state index contributed by atoms with van der Waals surface area (Å²) in [6.45, 7) is 0. The lowest BCUT2D eigenvalue weighted by atomic mass is 9.80. The molecule has 1 rings (SSSR count). The van der Waals surface area contributed by atoms with Crippen LogP contribution >= 0.6 is 23.2 Å². The molecule has 0 saturated heterocycles. The molecule has 1 aromatic carbocycles. The predicted molar refractivity (Wildman–Crippen MR) is 54.1 cm³/mol. The van der Waals surface area contributed by atoms with Gasteiger partial charge in [-0.15, -0.1) is 0 Å². The summed E-state index contributed by atoms with van der Waals surface area (Å²) in [6, 6.07) is 2.48. The molecule has 0 amide bonds. The first-order valence-electron chi connectivity index (χ1n) is 3.49. The minimum atomic E-state index is -1.74. The summed E-state index contributed by atoms with van der Waals surface area (Å²) in [5, 5.41) is 18.0. The third-order valence-corrected chi connectivity index (χ3v) is 2.14. The van der Waals surface area contributed by atoms with E-state index in [1.807, 2.05) is 0 Å². The maximum Gasteiger partial charge on any atom is 0.490 e. The van der Waals surface area contributed by atoms with Crippen molar-refractivity contribution in [1.82, 2.24) is 0 Å². The molecule has 0 saturated carbocycles. The molecule has 0 aliphatic carbocycles. The minimum Gasteiger partial charge on any atom is -0.423 e. The second-order valence-electron chi connectivity index (χ2n) is 2.40. The molecule has 0 atom stereocenters. The standard InChI is InChI=1S/C7H4BCl2NO3/c9-5-2-6(10)7(11-3-12)1-4(5)8(13)14/h1-2,13-14H. The highest BCUT2D eigenvalue weighted by molar-refractivity contribution is 6.63. The van der Waals surface area contributed by atoms with Gasteiger partial charge in [0.1, 0.15) is 0 Å². The van der Waals surface area contributed by atoms with E-state index in [4.69, 9.17) is 33.2 Å². The van der Waals surface area contributed by atoms with Crippen LogP contribution < -0.4 is 5.46 Å². The largest absolute Gasteiger partial charge is 0.490 e. The molecule has 72 valence electrons. The van der Waals surface area contributed by atoms with Gasteiger partial charge in [-0.2, -0.15) is 4.99 Å². The number of aliphatic imine (C=N–C) groups is 1. The lowest BCUT2D eigenvalue weighted by Gasteiger charge is -2.04. The molecule has 7 heteroatoms. The van der Waals surface area contributed by atoms with Crippen LogP contribution in [0.3, 0.4) is 0 Å². The first-order chi connectivity index (χ1) is 6.56. The van der Waals surface area contributed by atoms with Gasteiger partial charge in [0.15, 0.2) is 0 Å². The molecule has 4 nitrogen and oxygen atoms in total. The van der Waals surface area contributed by atoms with E-state index in [0.717, 1.165) is 0 Å². The highest BCUT2D eigenvalue weighted by atomic mass is 35.5. The summed E-state index contributed by atoms with van der Waals surface area (Å²) in [6.07, 6.45) is 1.29. The number of carbonyl (C=O) groups excluding carboxylic acids is 1. The average Bonchev–Trinajstić information content (AvgIpc) is 2.09. The van der Waals surface area contributed by atoms with Crippen LogP contribution in [-0.4, -0.2) is 23.2 Å². The molecule has 0 radical (unpaired) electrons. The lowest BCUT2D eigenvalue weighted by Crippen LogP contribution is -2.30. The molecule has 0 aliphatic rings. The van der Waals surface area contributed by atoms with Gasteiger partial charge in [0.25, 0.3) is 0 Å². The van der Waals surface area contributed by atoms with Gasteiger partial charge in [-0.1, -0.05) is 23.2 Å². The van der Waals surface area contributed by atoms with Crippen LogP contribution in [0, 0.1) is 0 Å². The SMILES string of the molecule is O=C=Nc1cc(B(O)O)c(Cl)cc1Cl. The Hall–Kier alpha value is -0.835. The third kappa shape index (κ3) is 2.35. The molecule has 2 N–H and O–H groups in total. The lowest BCUT2D eigenvalue weighted by molar-refractivity contribution is 0.426. The maximum atomic E-state index is 9.98. The number of isocyanates is 1. The van der Waals surface area contributed by atoms with Crippen LogP contribution in [-0.2, 0) is 4.79 Å². The number of hydrogen-bond donors (Lipinski definition) is 2. The highest BCUT2D eigenvalue weighted by Gasteiger charge is 2.17. The van der Waals surface area contributed by atoms with Gasteiger partial charge in [-0.25, -0.2) is 4.79 Å². The Morgan fingerprint density at radius 2 is 1.93 bits per heavy atom. The van der Waals surface area contributed by atoms with Gasteiger partial charge in [0.05, 0.1) is 10.7 Å². The van der Waals surface area contributed by atoms with Crippen molar-refractivity contribution in [3.05, 3.63) is 22.2 Å². The molecular formula is C7H4BCl2NO3. The fourth-order valence-electron chi connectivity index (χ4n) is 0.886.